The predicted octanol–water partition coefficient (Wildman–Crippen LogP) is 5.84. The number of thiocarbonyl (C=S) groups is 1. The standard InChI is InChI=1S/C27H23BrN4OS/c1-15(2)31-26(33)23-14-21-20-13-19(28)7-8-22(20)30-24(21)25(32(23)27(31)34)18-5-3-16(4-6-18)17-9-11-29-12-10-17/h3-13,15,23,25,30H,14H2,1-2H3. The molecular formula is C27H23BrN4OS. The number of rotatable bonds is 3. The molecule has 2 aromatic carbocycles. The van der Waals surface area contributed by atoms with Gasteiger partial charge < -0.3 is 9.88 Å². The minimum Gasteiger partial charge on any atom is -0.356 e. The lowest BCUT2D eigenvalue weighted by molar-refractivity contribution is -0.129. The molecule has 4 heterocycles. The van der Waals surface area contributed by atoms with E-state index in [0.717, 1.165) is 37.8 Å². The van der Waals surface area contributed by atoms with Gasteiger partial charge in [0.05, 0.1) is 6.04 Å². The maximum Gasteiger partial charge on any atom is 0.252 e. The Morgan fingerprint density at radius 1 is 1.06 bits per heavy atom. The number of benzene rings is 2. The van der Waals surface area contributed by atoms with Crippen LogP contribution >= 0.6 is 28.1 Å². The molecule has 0 aliphatic carbocycles. The molecule has 170 valence electrons. The lowest BCUT2D eigenvalue weighted by Gasteiger charge is -2.37. The van der Waals surface area contributed by atoms with Crippen LogP contribution in [-0.2, 0) is 11.2 Å². The molecular weight excluding hydrogens is 508 g/mol. The Morgan fingerprint density at radius 2 is 1.76 bits per heavy atom. The normalized spacial score (nSPS) is 19.8. The second-order valence-corrected chi connectivity index (χ2v) is 10.5. The summed E-state index contributed by atoms with van der Waals surface area (Å²) in [7, 11) is 0. The smallest absolute Gasteiger partial charge is 0.252 e. The molecule has 0 spiro atoms. The summed E-state index contributed by atoms with van der Waals surface area (Å²) in [6, 6.07) is 18.4. The number of aromatic nitrogens is 2. The van der Waals surface area contributed by atoms with Gasteiger partial charge in [-0.15, -0.1) is 0 Å². The van der Waals surface area contributed by atoms with E-state index in [1.807, 2.05) is 32.0 Å². The molecule has 0 saturated carbocycles. The van der Waals surface area contributed by atoms with Gasteiger partial charge in [-0.1, -0.05) is 40.2 Å². The third-order valence-corrected chi connectivity index (χ3v) is 7.79. The zero-order chi connectivity index (χ0) is 23.6. The molecule has 4 aromatic rings. The number of H-pyrrole nitrogens is 1. The second-order valence-electron chi connectivity index (χ2n) is 9.18. The van der Waals surface area contributed by atoms with E-state index in [1.165, 1.54) is 5.56 Å². The average molecular weight is 531 g/mol. The topological polar surface area (TPSA) is 52.2 Å². The largest absolute Gasteiger partial charge is 0.356 e. The van der Waals surface area contributed by atoms with E-state index in [2.05, 4.69) is 67.2 Å². The fraction of sp³-hybridized carbons (Fsp3) is 0.222. The van der Waals surface area contributed by atoms with Gasteiger partial charge in [-0.05, 0) is 78.7 Å². The van der Waals surface area contributed by atoms with Crippen LogP contribution in [0.4, 0.5) is 0 Å². The number of nitrogens with one attached hydrogen (secondary N) is 1. The Hall–Kier alpha value is -3.03. The van der Waals surface area contributed by atoms with E-state index < -0.39 is 0 Å². The highest BCUT2D eigenvalue weighted by molar-refractivity contribution is 9.10. The number of carbonyl (C=O) groups excluding carboxylic acids is 1. The van der Waals surface area contributed by atoms with Crippen LogP contribution in [0.15, 0.2) is 71.5 Å². The summed E-state index contributed by atoms with van der Waals surface area (Å²) in [5.41, 5.74) is 6.74. The molecule has 1 N–H and O–H groups in total. The van der Waals surface area contributed by atoms with Gasteiger partial charge in [0, 0.05) is 45.9 Å². The number of carbonyl (C=O) groups is 1. The van der Waals surface area contributed by atoms with E-state index >= 15 is 0 Å². The molecule has 7 heteroatoms. The summed E-state index contributed by atoms with van der Waals surface area (Å²) in [5.74, 6) is 0.0911. The number of halogens is 1. The molecule has 0 bridgehead atoms. The lowest BCUT2D eigenvalue weighted by Crippen LogP contribution is -2.44. The molecule has 34 heavy (non-hydrogen) atoms. The number of aromatic amines is 1. The summed E-state index contributed by atoms with van der Waals surface area (Å²) in [6.07, 6.45) is 4.25. The Morgan fingerprint density at radius 3 is 2.47 bits per heavy atom. The first-order chi connectivity index (χ1) is 16.4. The number of fused-ring (bicyclic) bond motifs is 4. The van der Waals surface area contributed by atoms with Gasteiger partial charge in [0.1, 0.15) is 6.04 Å². The van der Waals surface area contributed by atoms with Crippen LogP contribution in [-0.4, -0.2) is 42.9 Å². The first-order valence-corrected chi connectivity index (χ1v) is 12.6. The Labute approximate surface area is 211 Å². The Bertz CT molecular complexity index is 1430. The van der Waals surface area contributed by atoms with E-state index in [1.54, 1.807) is 17.3 Å². The van der Waals surface area contributed by atoms with Crippen molar-refractivity contribution in [3.8, 4) is 11.1 Å². The monoisotopic (exact) mass is 530 g/mol. The first-order valence-electron chi connectivity index (χ1n) is 11.4. The highest BCUT2D eigenvalue weighted by atomic mass is 79.9. The maximum atomic E-state index is 13.5. The third kappa shape index (κ3) is 3.21. The van der Waals surface area contributed by atoms with Crippen molar-refractivity contribution in [3.05, 3.63) is 88.3 Å². The highest BCUT2D eigenvalue weighted by Crippen LogP contribution is 2.45. The van der Waals surface area contributed by atoms with Crippen molar-refractivity contribution in [2.75, 3.05) is 0 Å². The molecule has 0 radical (unpaired) electrons. The van der Waals surface area contributed by atoms with Crippen LogP contribution in [0.3, 0.4) is 0 Å². The summed E-state index contributed by atoms with van der Waals surface area (Å²) in [6.45, 7) is 4.04. The summed E-state index contributed by atoms with van der Waals surface area (Å²) in [4.78, 5) is 25.2. The van der Waals surface area contributed by atoms with Crippen LogP contribution in [0.5, 0.6) is 0 Å². The quantitative estimate of drug-likeness (QED) is 0.338. The first kappa shape index (κ1) is 21.5. The molecule has 2 atom stereocenters. The van der Waals surface area contributed by atoms with Crippen molar-refractivity contribution in [1.82, 2.24) is 19.8 Å². The van der Waals surface area contributed by atoms with Crippen LogP contribution in [0, 0.1) is 0 Å². The minimum absolute atomic E-state index is 0.0181. The average Bonchev–Trinajstić information content (AvgIpc) is 3.32. The number of hydrogen-bond donors (Lipinski definition) is 1. The predicted molar refractivity (Wildman–Crippen MR) is 141 cm³/mol. The van der Waals surface area contributed by atoms with Crippen molar-refractivity contribution in [2.45, 2.75) is 38.4 Å². The highest BCUT2D eigenvalue weighted by Gasteiger charge is 2.51. The molecule has 6 rings (SSSR count). The van der Waals surface area contributed by atoms with Crippen LogP contribution in [0.1, 0.15) is 36.7 Å². The number of nitrogens with zero attached hydrogens (tertiary/aromatic N) is 3. The zero-order valence-corrected chi connectivity index (χ0v) is 21.2. The minimum atomic E-state index is -0.301. The van der Waals surface area contributed by atoms with Gasteiger partial charge in [0.2, 0.25) is 0 Å². The molecule has 1 saturated heterocycles. The van der Waals surface area contributed by atoms with E-state index in [9.17, 15) is 4.79 Å². The SMILES string of the molecule is CC(C)N1C(=O)C2Cc3c([nH]c4ccc(Br)cc34)C(c3ccc(-c4ccncc4)cc3)N2C1=S. The summed E-state index contributed by atoms with van der Waals surface area (Å²) < 4.78 is 1.03. The molecule has 2 aliphatic rings. The maximum absolute atomic E-state index is 13.5. The second kappa shape index (κ2) is 8.03. The van der Waals surface area contributed by atoms with Gasteiger partial charge in [-0.3, -0.25) is 14.7 Å². The van der Waals surface area contributed by atoms with Gasteiger partial charge in [-0.25, -0.2) is 0 Å². The number of amides is 1. The van der Waals surface area contributed by atoms with Crippen LogP contribution in [0.2, 0.25) is 0 Å². The molecule has 1 fully saturated rings. The summed E-state index contributed by atoms with van der Waals surface area (Å²) >= 11 is 9.52. The number of pyridine rings is 1. The van der Waals surface area contributed by atoms with Crippen LogP contribution < -0.4 is 0 Å². The zero-order valence-electron chi connectivity index (χ0n) is 18.8. The van der Waals surface area contributed by atoms with Crippen molar-refractivity contribution in [2.24, 2.45) is 0 Å². The molecule has 2 aromatic heterocycles. The van der Waals surface area contributed by atoms with Gasteiger partial charge in [0.25, 0.3) is 5.91 Å². The summed E-state index contributed by atoms with van der Waals surface area (Å²) in [5, 5.41) is 1.77. The van der Waals surface area contributed by atoms with E-state index in [-0.39, 0.29) is 24.0 Å². The fourth-order valence-corrected chi connectivity index (χ4v) is 6.23. The number of hydrogen-bond acceptors (Lipinski definition) is 3. The Balaban J connectivity index is 1.52. The van der Waals surface area contributed by atoms with Crippen molar-refractivity contribution in [3.63, 3.8) is 0 Å². The molecule has 2 unspecified atom stereocenters. The van der Waals surface area contributed by atoms with Gasteiger partial charge in [-0.2, -0.15) is 0 Å². The molecule has 5 nitrogen and oxygen atoms in total. The van der Waals surface area contributed by atoms with Gasteiger partial charge in [0.15, 0.2) is 5.11 Å². The van der Waals surface area contributed by atoms with Crippen molar-refractivity contribution >= 4 is 50.1 Å². The fourth-order valence-electron chi connectivity index (χ4n) is 5.34. The molecule has 1 amide bonds. The van der Waals surface area contributed by atoms with Crippen molar-refractivity contribution < 1.29 is 4.79 Å². The Kier molecular flexibility index (Phi) is 5.08. The third-order valence-electron chi connectivity index (χ3n) is 6.89. The lowest BCUT2D eigenvalue weighted by atomic mass is 9.88. The van der Waals surface area contributed by atoms with E-state index in [0.29, 0.717) is 11.5 Å². The van der Waals surface area contributed by atoms with E-state index in [4.69, 9.17) is 12.2 Å². The molecule has 2 aliphatic heterocycles. The van der Waals surface area contributed by atoms with Crippen molar-refractivity contribution in [1.29, 1.82) is 0 Å². The van der Waals surface area contributed by atoms with Crippen LogP contribution in [0.25, 0.3) is 22.0 Å². The van der Waals surface area contributed by atoms with Gasteiger partial charge >= 0.3 is 0 Å².